The second kappa shape index (κ2) is 5.37. The maximum atomic E-state index is 10.6. The van der Waals surface area contributed by atoms with E-state index in [-0.39, 0.29) is 6.42 Å². The van der Waals surface area contributed by atoms with Crippen molar-refractivity contribution in [1.29, 1.82) is 0 Å². The quantitative estimate of drug-likeness (QED) is 0.749. The molecule has 0 aliphatic rings. The predicted octanol–water partition coefficient (Wildman–Crippen LogP) is -0.324. The van der Waals surface area contributed by atoms with E-state index in [1.807, 2.05) is 12.1 Å². The molecular formula is C11H13N5O2. The lowest BCUT2D eigenvalue weighted by molar-refractivity contribution is -0.138. The Morgan fingerprint density at radius 2 is 2.17 bits per heavy atom. The number of aromatic nitrogens is 4. The molecule has 1 unspecified atom stereocenters. The van der Waals surface area contributed by atoms with E-state index in [9.17, 15) is 4.79 Å². The first kappa shape index (κ1) is 12.2. The number of nitrogens with two attached hydrogens (primary N) is 1. The lowest BCUT2D eigenvalue weighted by Gasteiger charge is -2.01. The average molecular weight is 247 g/mol. The Bertz CT molecular complexity index is 525. The fourth-order valence-electron chi connectivity index (χ4n) is 1.50. The van der Waals surface area contributed by atoms with Crippen molar-refractivity contribution in [3.05, 3.63) is 42.0 Å². The van der Waals surface area contributed by atoms with Crippen LogP contribution in [0.2, 0.25) is 0 Å². The Labute approximate surface area is 103 Å². The maximum absolute atomic E-state index is 10.6. The zero-order valence-corrected chi connectivity index (χ0v) is 9.60. The van der Waals surface area contributed by atoms with E-state index >= 15 is 0 Å². The van der Waals surface area contributed by atoms with Gasteiger partial charge in [-0.15, -0.1) is 5.10 Å². The number of pyridine rings is 1. The molecule has 2 heterocycles. The Balaban J connectivity index is 2.00. The van der Waals surface area contributed by atoms with Crippen LogP contribution in [-0.2, 0) is 17.8 Å². The predicted molar refractivity (Wildman–Crippen MR) is 62.7 cm³/mol. The van der Waals surface area contributed by atoms with Crippen LogP contribution in [0.15, 0.2) is 30.7 Å². The first-order valence-corrected chi connectivity index (χ1v) is 5.41. The van der Waals surface area contributed by atoms with E-state index in [0.717, 1.165) is 5.56 Å². The van der Waals surface area contributed by atoms with Crippen molar-refractivity contribution < 1.29 is 9.90 Å². The van der Waals surface area contributed by atoms with Crippen LogP contribution in [0.25, 0.3) is 0 Å². The van der Waals surface area contributed by atoms with Crippen molar-refractivity contribution in [2.24, 2.45) is 5.73 Å². The zero-order chi connectivity index (χ0) is 13.0. The molecule has 7 nitrogen and oxygen atoms in total. The van der Waals surface area contributed by atoms with Gasteiger partial charge >= 0.3 is 5.97 Å². The lowest BCUT2D eigenvalue weighted by Crippen LogP contribution is -2.32. The molecule has 0 amide bonds. The highest BCUT2D eigenvalue weighted by Crippen LogP contribution is 2.02. The van der Waals surface area contributed by atoms with Crippen LogP contribution in [0.5, 0.6) is 0 Å². The van der Waals surface area contributed by atoms with E-state index in [1.165, 1.54) is 0 Å². The van der Waals surface area contributed by atoms with Crippen LogP contribution in [0, 0.1) is 0 Å². The standard InChI is InChI=1S/C11H13N5O2/c12-10(11(17)18)5-9-7-16(15-14-9)6-8-1-3-13-4-2-8/h1-4,7,10H,5-6,12H2,(H,17,18). The number of hydrogen-bond acceptors (Lipinski definition) is 5. The molecule has 18 heavy (non-hydrogen) atoms. The molecule has 1 atom stereocenters. The fraction of sp³-hybridized carbons (Fsp3) is 0.273. The van der Waals surface area contributed by atoms with Gasteiger partial charge in [0.2, 0.25) is 0 Å². The molecule has 0 aliphatic carbocycles. The normalized spacial score (nSPS) is 12.3. The van der Waals surface area contributed by atoms with Crippen LogP contribution < -0.4 is 5.73 Å². The number of rotatable bonds is 5. The Morgan fingerprint density at radius 3 is 2.83 bits per heavy atom. The largest absolute Gasteiger partial charge is 0.480 e. The third-order valence-corrected chi connectivity index (χ3v) is 2.43. The first-order valence-electron chi connectivity index (χ1n) is 5.41. The molecule has 7 heteroatoms. The minimum atomic E-state index is -1.04. The number of carbonyl (C=O) groups is 1. The monoisotopic (exact) mass is 247 g/mol. The van der Waals surface area contributed by atoms with Crippen LogP contribution in [0.4, 0.5) is 0 Å². The van der Waals surface area contributed by atoms with Crippen molar-refractivity contribution in [3.63, 3.8) is 0 Å². The smallest absolute Gasteiger partial charge is 0.320 e. The first-order chi connectivity index (χ1) is 8.65. The molecule has 2 rings (SSSR count). The fourth-order valence-corrected chi connectivity index (χ4v) is 1.50. The topological polar surface area (TPSA) is 107 Å². The van der Waals surface area contributed by atoms with E-state index in [4.69, 9.17) is 10.8 Å². The van der Waals surface area contributed by atoms with Crippen molar-refractivity contribution >= 4 is 5.97 Å². The molecule has 0 bridgehead atoms. The highest BCUT2D eigenvalue weighted by atomic mass is 16.4. The molecule has 0 radical (unpaired) electrons. The summed E-state index contributed by atoms with van der Waals surface area (Å²) in [5, 5.41) is 16.5. The maximum Gasteiger partial charge on any atom is 0.320 e. The summed E-state index contributed by atoms with van der Waals surface area (Å²) in [6, 6.07) is 2.81. The third-order valence-electron chi connectivity index (χ3n) is 2.43. The van der Waals surface area contributed by atoms with E-state index < -0.39 is 12.0 Å². The van der Waals surface area contributed by atoms with Crippen LogP contribution in [-0.4, -0.2) is 37.1 Å². The Morgan fingerprint density at radius 1 is 1.44 bits per heavy atom. The molecular weight excluding hydrogens is 234 g/mol. The number of hydrogen-bond donors (Lipinski definition) is 2. The Hall–Kier alpha value is -2.28. The van der Waals surface area contributed by atoms with Gasteiger partial charge in [0.25, 0.3) is 0 Å². The number of nitrogens with zero attached hydrogens (tertiary/aromatic N) is 4. The van der Waals surface area contributed by atoms with Crippen molar-refractivity contribution in [2.45, 2.75) is 19.0 Å². The minimum Gasteiger partial charge on any atom is -0.480 e. The summed E-state index contributed by atoms with van der Waals surface area (Å²) in [6.07, 6.45) is 5.27. The molecule has 0 aromatic carbocycles. The molecule has 2 aromatic rings. The van der Waals surface area contributed by atoms with Gasteiger partial charge in [0, 0.05) is 25.0 Å². The minimum absolute atomic E-state index is 0.172. The van der Waals surface area contributed by atoms with Gasteiger partial charge in [0.15, 0.2) is 0 Å². The molecule has 3 N–H and O–H groups in total. The summed E-state index contributed by atoms with van der Waals surface area (Å²) in [5.74, 6) is -1.04. The van der Waals surface area contributed by atoms with Crippen molar-refractivity contribution in [3.8, 4) is 0 Å². The van der Waals surface area contributed by atoms with Crippen LogP contribution >= 0.6 is 0 Å². The van der Waals surface area contributed by atoms with Crippen LogP contribution in [0.1, 0.15) is 11.3 Å². The molecule has 94 valence electrons. The molecule has 0 spiro atoms. The van der Waals surface area contributed by atoms with E-state index in [2.05, 4.69) is 15.3 Å². The second-order valence-corrected chi connectivity index (χ2v) is 3.91. The van der Waals surface area contributed by atoms with E-state index in [1.54, 1.807) is 23.3 Å². The molecule has 0 saturated heterocycles. The number of carboxylic acids is 1. The van der Waals surface area contributed by atoms with Gasteiger partial charge in [-0.1, -0.05) is 5.21 Å². The van der Waals surface area contributed by atoms with Gasteiger partial charge < -0.3 is 10.8 Å². The number of carboxylic acid groups (broad SMARTS) is 1. The summed E-state index contributed by atoms with van der Waals surface area (Å²) < 4.78 is 1.64. The summed E-state index contributed by atoms with van der Waals surface area (Å²) in [7, 11) is 0. The summed E-state index contributed by atoms with van der Waals surface area (Å²) >= 11 is 0. The van der Waals surface area contributed by atoms with Crippen LogP contribution in [0.3, 0.4) is 0 Å². The van der Waals surface area contributed by atoms with Crippen molar-refractivity contribution in [1.82, 2.24) is 20.0 Å². The summed E-state index contributed by atoms with van der Waals surface area (Å²) in [5.41, 5.74) is 7.04. The molecule has 0 aliphatic heterocycles. The highest BCUT2D eigenvalue weighted by Gasteiger charge is 2.14. The highest BCUT2D eigenvalue weighted by molar-refractivity contribution is 5.73. The second-order valence-electron chi connectivity index (χ2n) is 3.91. The molecule has 2 aromatic heterocycles. The molecule has 0 fully saturated rings. The van der Waals surface area contributed by atoms with Gasteiger partial charge in [-0.05, 0) is 17.7 Å². The number of aliphatic carboxylic acids is 1. The third kappa shape index (κ3) is 3.11. The zero-order valence-electron chi connectivity index (χ0n) is 9.60. The Kier molecular flexibility index (Phi) is 3.63. The van der Waals surface area contributed by atoms with Gasteiger partial charge in [-0.25, -0.2) is 4.68 Å². The summed E-state index contributed by atoms with van der Waals surface area (Å²) in [4.78, 5) is 14.5. The van der Waals surface area contributed by atoms with E-state index in [0.29, 0.717) is 12.2 Å². The SMILES string of the molecule is NC(Cc1cn(Cc2ccncc2)nn1)C(=O)O. The lowest BCUT2D eigenvalue weighted by atomic mass is 10.2. The van der Waals surface area contributed by atoms with Gasteiger partial charge in [-0.3, -0.25) is 9.78 Å². The van der Waals surface area contributed by atoms with Gasteiger partial charge in [-0.2, -0.15) is 0 Å². The van der Waals surface area contributed by atoms with Gasteiger partial charge in [0.05, 0.1) is 12.2 Å². The van der Waals surface area contributed by atoms with Gasteiger partial charge in [0.1, 0.15) is 6.04 Å². The van der Waals surface area contributed by atoms with Crippen molar-refractivity contribution in [2.75, 3.05) is 0 Å². The summed E-state index contributed by atoms with van der Waals surface area (Å²) in [6.45, 7) is 0.567. The molecule has 0 saturated carbocycles. The average Bonchev–Trinajstić information content (AvgIpc) is 2.77.